The SMILES string of the molecule is COc1cc(O)c(C(=O)C2(ON3CCC3)C=CC=C(N)C2)c(OC)c1. The standard InChI is InChI=1S/C18H22N2O5/c1-23-13-9-14(21)16(15(10-13)24-2)17(22)18(25-20-7-4-8-20)6-3-5-12(19)11-18/h3,5-6,9-10,21H,4,7-8,11,19H2,1-2H3. The van der Waals surface area contributed by atoms with Crippen molar-refractivity contribution < 1.29 is 24.2 Å². The van der Waals surface area contributed by atoms with E-state index in [2.05, 4.69) is 0 Å². The Bertz CT molecular complexity index is 739. The number of ether oxygens (including phenoxy) is 2. The summed E-state index contributed by atoms with van der Waals surface area (Å²) >= 11 is 0. The Morgan fingerprint density at radius 3 is 2.60 bits per heavy atom. The van der Waals surface area contributed by atoms with E-state index in [-0.39, 0.29) is 23.5 Å². The molecular weight excluding hydrogens is 324 g/mol. The van der Waals surface area contributed by atoms with Gasteiger partial charge in [0.15, 0.2) is 5.60 Å². The second kappa shape index (κ2) is 6.78. The number of rotatable bonds is 6. The Morgan fingerprint density at radius 2 is 2.04 bits per heavy atom. The van der Waals surface area contributed by atoms with Crippen molar-refractivity contribution in [2.45, 2.75) is 18.4 Å². The second-order valence-electron chi connectivity index (χ2n) is 6.09. The minimum absolute atomic E-state index is 0.0446. The third-order valence-corrected chi connectivity index (χ3v) is 4.37. The summed E-state index contributed by atoms with van der Waals surface area (Å²) in [4.78, 5) is 19.4. The highest BCUT2D eigenvalue weighted by molar-refractivity contribution is 6.08. The summed E-state index contributed by atoms with van der Waals surface area (Å²) in [5.41, 5.74) is 5.23. The lowest BCUT2D eigenvalue weighted by Gasteiger charge is -2.40. The third-order valence-electron chi connectivity index (χ3n) is 4.37. The molecular formula is C18H22N2O5. The van der Waals surface area contributed by atoms with Gasteiger partial charge in [0, 0.05) is 37.3 Å². The van der Waals surface area contributed by atoms with Crippen molar-refractivity contribution in [2.24, 2.45) is 5.73 Å². The Balaban J connectivity index is 2.03. The summed E-state index contributed by atoms with van der Waals surface area (Å²) < 4.78 is 10.4. The van der Waals surface area contributed by atoms with E-state index >= 15 is 0 Å². The topological polar surface area (TPSA) is 94.3 Å². The maximum atomic E-state index is 13.4. The number of aromatic hydroxyl groups is 1. The normalized spacial score (nSPS) is 22.9. The summed E-state index contributed by atoms with van der Waals surface area (Å²) in [6.07, 6.45) is 6.32. The molecule has 7 heteroatoms. The van der Waals surface area contributed by atoms with E-state index in [0.717, 1.165) is 19.5 Å². The Morgan fingerprint density at radius 1 is 1.28 bits per heavy atom. The zero-order valence-electron chi connectivity index (χ0n) is 14.3. The zero-order chi connectivity index (χ0) is 18.0. The first-order valence-electron chi connectivity index (χ1n) is 8.07. The van der Waals surface area contributed by atoms with E-state index in [1.165, 1.54) is 20.3 Å². The van der Waals surface area contributed by atoms with Crippen LogP contribution in [-0.4, -0.2) is 48.9 Å². The molecule has 1 aliphatic heterocycles. The van der Waals surface area contributed by atoms with Gasteiger partial charge in [-0.15, -0.1) is 0 Å². The van der Waals surface area contributed by atoms with Gasteiger partial charge in [0.2, 0.25) is 5.78 Å². The molecule has 2 aliphatic rings. The van der Waals surface area contributed by atoms with Crippen molar-refractivity contribution in [3.05, 3.63) is 41.6 Å². The van der Waals surface area contributed by atoms with Crippen LogP contribution in [-0.2, 0) is 4.84 Å². The fourth-order valence-electron chi connectivity index (χ4n) is 2.91. The van der Waals surface area contributed by atoms with E-state index in [4.69, 9.17) is 20.0 Å². The Labute approximate surface area is 146 Å². The average Bonchev–Trinajstić information content (AvgIpc) is 2.56. The molecule has 7 nitrogen and oxygen atoms in total. The monoisotopic (exact) mass is 346 g/mol. The molecule has 1 aliphatic carbocycles. The summed E-state index contributed by atoms with van der Waals surface area (Å²) in [5.74, 6) is -0.0322. The first-order valence-corrected chi connectivity index (χ1v) is 8.07. The highest BCUT2D eigenvalue weighted by Gasteiger charge is 2.44. The van der Waals surface area contributed by atoms with Crippen molar-refractivity contribution in [2.75, 3.05) is 27.3 Å². The molecule has 0 radical (unpaired) electrons. The van der Waals surface area contributed by atoms with Crippen LogP contribution < -0.4 is 15.2 Å². The van der Waals surface area contributed by atoms with Crippen molar-refractivity contribution in [1.82, 2.24) is 5.06 Å². The predicted molar refractivity (Wildman–Crippen MR) is 91.6 cm³/mol. The molecule has 0 saturated carbocycles. The summed E-state index contributed by atoms with van der Waals surface area (Å²) in [6, 6.07) is 2.93. The van der Waals surface area contributed by atoms with Crippen LogP contribution >= 0.6 is 0 Å². The van der Waals surface area contributed by atoms with Gasteiger partial charge in [-0.2, -0.15) is 5.06 Å². The number of carbonyl (C=O) groups excluding carboxylic acids is 1. The fourth-order valence-corrected chi connectivity index (χ4v) is 2.91. The Kier molecular flexibility index (Phi) is 4.69. The molecule has 1 atom stereocenters. The molecule has 0 bridgehead atoms. The summed E-state index contributed by atoms with van der Waals surface area (Å²) in [5, 5.41) is 12.1. The number of methoxy groups -OCH3 is 2. The number of nitrogens with two attached hydrogens (primary N) is 1. The molecule has 0 aromatic heterocycles. The highest BCUT2D eigenvalue weighted by Crippen LogP contribution is 2.40. The van der Waals surface area contributed by atoms with E-state index in [0.29, 0.717) is 11.4 Å². The average molecular weight is 346 g/mol. The van der Waals surface area contributed by atoms with Crippen LogP contribution in [0.1, 0.15) is 23.2 Å². The number of hydrogen-bond acceptors (Lipinski definition) is 7. The number of hydrogen-bond donors (Lipinski definition) is 2. The van der Waals surface area contributed by atoms with Crippen molar-refractivity contribution in [3.63, 3.8) is 0 Å². The number of benzene rings is 1. The molecule has 1 saturated heterocycles. The minimum atomic E-state index is -1.31. The van der Waals surface area contributed by atoms with Crippen LogP contribution in [0.5, 0.6) is 17.2 Å². The number of nitrogens with zero attached hydrogens (tertiary/aromatic N) is 1. The minimum Gasteiger partial charge on any atom is -0.507 e. The van der Waals surface area contributed by atoms with Gasteiger partial charge < -0.3 is 20.3 Å². The van der Waals surface area contributed by atoms with Gasteiger partial charge in [0.1, 0.15) is 22.8 Å². The summed E-state index contributed by atoms with van der Waals surface area (Å²) in [6.45, 7) is 1.50. The molecule has 1 aromatic carbocycles. The van der Waals surface area contributed by atoms with Crippen molar-refractivity contribution >= 4 is 5.78 Å². The van der Waals surface area contributed by atoms with Crippen molar-refractivity contribution in [3.8, 4) is 17.2 Å². The lowest BCUT2D eigenvalue weighted by Crippen LogP contribution is -2.51. The quantitative estimate of drug-likeness (QED) is 0.758. The van der Waals surface area contributed by atoms with Crippen LogP contribution in [0.3, 0.4) is 0 Å². The van der Waals surface area contributed by atoms with Gasteiger partial charge in [-0.1, -0.05) is 6.08 Å². The van der Waals surface area contributed by atoms with E-state index in [9.17, 15) is 9.90 Å². The number of Topliss-reactive ketones (excluding diaryl/α,β-unsaturated/α-hetero) is 1. The van der Waals surface area contributed by atoms with Crippen LogP contribution in [0.25, 0.3) is 0 Å². The van der Waals surface area contributed by atoms with E-state index in [1.807, 2.05) is 0 Å². The first kappa shape index (κ1) is 17.3. The first-order chi connectivity index (χ1) is 12.0. The molecule has 1 unspecified atom stereocenters. The molecule has 25 heavy (non-hydrogen) atoms. The highest BCUT2D eigenvalue weighted by atomic mass is 16.7. The molecule has 1 fully saturated rings. The largest absolute Gasteiger partial charge is 0.507 e. The molecule has 3 N–H and O–H groups in total. The number of carbonyl (C=O) groups is 1. The number of hydroxylamine groups is 2. The van der Waals surface area contributed by atoms with Crippen LogP contribution in [0, 0.1) is 0 Å². The second-order valence-corrected chi connectivity index (χ2v) is 6.09. The van der Waals surface area contributed by atoms with Gasteiger partial charge in [-0.3, -0.25) is 9.63 Å². The molecule has 3 rings (SSSR count). The van der Waals surface area contributed by atoms with Crippen LogP contribution in [0.15, 0.2) is 36.1 Å². The molecule has 1 heterocycles. The van der Waals surface area contributed by atoms with E-state index < -0.39 is 11.4 Å². The Hall–Kier alpha value is -2.51. The predicted octanol–water partition coefficient (Wildman–Crippen LogP) is 1.77. The summed E-state index contributed by atoms with van der Waals surface area (Å²) in [7, 11) is 2.90. The fraction of sp³-hybridized carbons (Fsp3) is 0.389. The smallest absolute Gasteiger partial charge is 0.208 e. The number of phenolic OH excluding ortho intramolecular Hbond substituents is 1. The van der Waals surface area contributed by atoms with Crippen molar-refractivity contribution in [1.29, 1.82) is 0 Å². The van der Waals surface area contributed by atoms with Gasteiger partial charge in [-0.05, 0) is 18.6 Å². The third kappa shape index (κ3) is 3.20. The van der Waals surface area contributed by atoms with E-state index in [1.54, 1.807) is 29.4 Å². The maximum absolute atomic E-state index is 13.4. The molecule has 0 spiro atoms. The molecule has 134 valence electrons. The van der Waals surface area contributed by atoms with Crippen LogP contribution in [0.4, 0.5) is 0 Å². The maximum Gasteiger partial charge on any atom is 0.208 e. The van der Waals surface area contributed by atoms with Gasteiger partial charge >= 0.3 is 0 Å². The number of phenols is 1. The lowest BCUT2D eigenvalue weighted by atomic mass is 9.84. The van der Waals surface area contributed by atoms with Gasteiger partial charge in [0.25, 0.3) is 0 Å². The molecule has 0 amide bonds. The van der Waals surface area contributed by atoms with Crippen LogP contribution in [0.2, 0.25) is 0 Å². The number of ketones is 1. The molecule has 1 aromatic rings. The van der Waals surface area contributed by atoms with Gasteiger partial charge in [-0.25, -0.2) is 0 Å². The van der Waals surface area contributed by atoms with Gasteiger partial charge in [0.05, 0.1) is 14.2 Å². The lowest BCUT2D eigenvalue weighted by molar-refractivity contribution is -0.242. The zero-order valence-corrected chi connectivity index (χ0v) is 14.3. The number of allylic oxidation sites excluding steroid dienone is 2.